The molecule has 1 aliphatic carbocycles. The summed E-state index contributed by atoms with van der Waals surface area (Å²) in [5.41, 5.74) is 9.84. The lowest BCUT2D eigenvalue weighted by Crippen LogP contribution is -2.22. The Kier molecular flexibility index (Phi) is 3.76. The van der Waals surface area contributed by atoms with E-state index < -0.39 is 0 Å². The standard InChI is InChI=1S/C19H20N2O3/c20-15-9-17-18(24-11-23-17)10-16(15)21-19(22)8-12-5-6-13-3-1-2-4-14(13)7-12/h1-4,9-10,12H,5-8,11,20H2,(H,21,22). The molecule has 24 heavy (non-hydrogen) atoms. The summed E-state index contributed by atoms with van der Waals surface area (Å²) in [5.74, 6) is 1.60. The second kappa shape index (κ2) is 6.07. The Labute approximate surface area is 140 Å². The molecule has 0 fully saturated rings. The van der Waals surface area contributed by atoms with E-state index in [1.54, 1.807) is 12.1 Å². The Morgan fingerprint density at radius 2 is 1.92 bits per heavy atom. The zero-order valence-electron chi connectivity index (χ0n) is 13.4. The first-order valence-electron chi connectivity index (χ1n) is 8.25. The minimum absolute atomic E-state index is 0.00931. The van der Waals surface area contributed by atoms with Crippen LogP contribution in [0.2, 0.25) is 0 Å². The van der Waals surface area contributed by atoms with Crippen LogP contribution in [0.25, 0.3) is 0 Å². The number of benzene rings is 2. The molecule has 0 radical (unpaired) electrons. The number of rotatable bonds is 3. The SMILES string of the molecule is Nc1cc2c(cc1NC(=O)CC1CCc3ccccc3C1)OCO2. The quantitative estimate of drug-likeness (QED) is 0.851. The van der Waals surface area contributed by atoms with Crippen LogP contribution in [0.1, 0.15) is 24.0 Å². The van der Waals surface area contributed by atoms with Crippen LogP contribution in [0.5, 0.6) is 11.5 Å². The summed E-state index contributed by atoms with van der Waals surface area (Å²) in [5, 5.41) is 2.91. The summed E-state index contributed by atoms with van der Waals surface area (Å²) in [6.45, 7) is 0.188. The number of carbonyl (C=O) groups is 1. The highest BCUT2D eigenvalue weighted by Gasteiger charge is 2.22. The van der Waals surface area contributed by atoms with Gasteiger partial charge in [-0.05, 0) is 36.3 Å². The monoisotopic (exact) mass is 324 g/mol. The molecule has 0 spiro atoms. The number of hydrogen-bond donors (Lipinski definition) is 2. The Hall–Kier alpha value is -2.69. The first-order valence-corrected chi connectivity index (χ1v) is 8.25. The van der Waals surface area contributed by atoms with Gasteiger partial charge < -0.3 is 20.5 Å². The van der Waals surface area contributed by atoms with E-state index in [9.17, 15) is 4.79 Å². The zero-order valence-corrected chi connectivity index (χ0v) is 13.4. The molecule has 0 aromatic heterocycles. The van der Waals surface area contributed by atoms with Crippen molar-refractivity contribution in [3.8, 4) is 11.5 Å². The molecular weight excluding hydrogens is 304 g/mol. The lowest BCUT2D eigenvalue weighted by Gasteiger charge is -2.24. The lowest BCUT2D eigenvalue weighted by molar-refractivity contribution is -0.117. The van der Waals surface area contributed by atoms with Gasteiger partial charge in [0.05, 0.1) is 11.4 Å². The van der Waals surface area contributed by atoms with E-state index in [1.807, 2.05) is 0 Å². The third kappa shape index (κ3) is 2.89. The van der Waals surface area contributed by atoms with E-state index in [1.165, 1.54) is 11.1 Å². The third-order valence-electron chi connectivity index (χ3n) is 4.74. The number of ether oxygens (including phenoxy) is 2. The fraction of sp³-hybridized carbons (Fsp3) is 0.316. The van der Waals surface area contributed by atoms with Crippen molar-refractivity contribution in [3.63, 3.8) is 0 Å². The van der Waals surface area contributed by atoms with E-state index in [-0.39, 0.29) is 12.7 Å². The molecule has 0 saturated heterocycles. The van der Waals surface area contributed by atoms with Crippen molar-refractivity contribution in [1.29, 1.82) is 0 Å². The van der Waals surface area contributed by atoms with Crippen LogP contribution in [0.3, 0.4) is 0 Å². The number of nitrogens with one attached hydrogen (secondary N) is 1. The molecule has 5 heteroatoms. The van der Waals surface area contributed by atoms with Crippen LogP contribution in [0.15, 0.2) is 36.4 Å². The van der Waals surface area contributed by atoms with Crippen molar-refractivity contribution in [2.24, 2.45) is 5.92 Å². The lowest BCUT2D eigenvalue weighted by atomic mass is 9.82. The minimum Gasteiger partial charge on any atom is -0.454 e. The van der Waals surface area contributed by atoms with Crippen LogP contribution in [-0.4, -0.2) is 12.7 Å². The van der Waals surface area contributed by atoms with E-state index in [2.05, 4.69) is 29.6 Å². The van der Waals surface area contributed by atoms with Crippen LogP contribution < -0.4 is 20.5 Å². The van der Waals surface area contributed by atoms with Gasteiger partial charge in [-0.25, -0.2) is 0 Å². The summed E-state index contributed by atoms with van der Waals surface area (Å²) in [6.07, 6.45) is 3.55. The van der Waals surface area contributed by atoms with E-state index in [4.69, 9.17) is 15.2 Å². The van der Waals surface area contributed by atoms with Gasteiger partial charge in [-0.1, -0.05) is 24.3 Å². The van der Waals surface area contributed by atoms with Gasteiger partial charge in [0, 0.05) is 18.6 Å². The minimum atomic E-state index is -0.00931. The maximum Gasteiger partial charge on any atom is 0.231 e. The normalized spacial score (nSPS) is 18.1. The zero-order chi connectivity index (χ0) is 16.5. The molecular formula is C19H20N2O3. The first-order chi connectivity index (χ1) is 11.7. The van der Waals surface area contributed by atoms with Gasteiger partial charge in [0.15, 0.2) is 11.5 Å². The molecule has 124 valence electrons. The predicted octanol–water partition coefficient (Wildman–Crippen LogP) is 3.13. The molecule has 1 atom stereocenters. The van der Waals surface area contributed by atoms with Gasteiger partial charge in [0.25, 0.3) is 0 Å². The maximum atomic E-state index is 12.4. The van der Waals surface area contributed by atoms with Crippen molar-refractivity contribution in [3.05, 3.63) is 47.5 Å². The molecule has 0 saturated carbocycles. The molecule has 1 aliphatic heterocycles. The number of anilines is 2. The van der Waals surface area contributed by atoms with Crippen LogP contribution >= 0.6 is 0 Å². The number of carbonyl (C=O) groups excluding carboxylic acids is 1. The molecule has 0 bridgehead atoms. The van der Waals surface area contributed by atoms with Gasteiger partial charge in [-0.3, -0.25) is 4.79 Å². The van der Waals surface area contributed by atoms with E-state index in [0.717, 1.165) is 19.3 Å². The summed E-state index contributed by atoms with van der Waals surface area (Å²) < 4.78 is 10.6. The molecule has 3 N–H and O–H groups in total. The number of fused-ring (bicyclic) bond motifs is 2. The largest absolute Gasteiger partial charge is 0.454 e. The average Bonchev–Trinajstić information content (AvgIpc) is 3.02. The Balaban J connectivity index is 1.41. The van der Waals surface area contributed by atoms with Gasteiger partial charge in [-0.15, -0.1) is 0 Å². The smallest absolute Gasteiger partial charge is 0.231 e. The Morgan fingerprint density at radius 3 is 2.75 bits per heavy atom. The first kappa shape index (κ1) is 14.9. The van der Waals surface area contributed by atoms with Crippen LogP contribution in [-0.2, 0) is 17.6 Å². The highest BCUT2D eigenvalue weighted by Crippen LogP contribution is 2.38. The van der Waals surface area contributed by atoms with E-state index in [0.29, 0.717) is 35.2 Å². The van der Waals surface area contributed by atoms with Crippen molar-refractivity contribution in [2.75, 3.05) is 17.8 Å². The summed E-state index contributed by atoms with van der Waals surface area (Å²) in [4.78, 5) is 12.4. The maximum absolute atomic E-state index is 12.4. The third-order valence-corrected chi connectivity index (χ3v) is 4.74. The molecule has 2 aliphatic rings. The molecule has 1 unspecified atom stereocenters. The van der Waals surface area contributed by atoms with E-state index >= 15 is 0 Å². The second-order valence-electron chi connectivity index (χ2n) is 6.42. The summed E-state index contributed by atoms with van der Waals surface area (Å²) >= 11 is 0. The van der Waals surface area contributed by atoms with Crippen LogP contribution in [0.4, 0.5) is 11.4 Å². The fourth-order valence-corrected chi connectivity index (χ4v) is 3.48. The van der Waals surface area contributed by atoms with Crippen molar-refractivity contribution >= 4 is 17.3 Å². The second-order valence-corrected chi connectivity index (χ2v) is 6.42. The predicted molar refractivity (Wildman–Crippen MR) is 92.2 cm³/mol. The highest BCUT2D eigenvalue weighted by atomic mass is 16.7. The Bertz CT molecular complexity index is 788. The molecule has 2 aromatic rings. The summed E-state index contributed by atoms with van der Waals surface area (Å²) in [6, 6.07) is 11.9. The van der Waals surface area contributed by atoms with Crippen molar-refractivity contribution in [1.82, 2.24) is 0 Å². The van der Waals surface area contributed by atoms with Crippen LogP contribution in [0, 0.1) is 5.92 Å². The molecule has 1 amide bonds. The summed E-state index contributed by atoms with van der Waals surface area (Å²) in [7, 11) is 0. The Morgan fingerprint density at radius 1 is 1.17 bits per heavy atom. The number of aryl methyl sites for hydroxylation is 1. The van der Waals surface area contributed by atoms with Crippen molar-refractivity contribution in [2.45, 2.75) is 25.7 Å². The van der Waals surface area contributed by atoms with Gasteiger partial charge >= 0.3 is 0 Å². The number of nitrogen functional groups attached to an aromatic ring is 1. The molecule has 2 aromatic carbocycles. The number of nitrogens with two attached hydrogens (primary N) is 1. The highest BCUT2D eigenvalue weighted by molar-refractivity contribution is 5.94. The van der Waals surface area contributed by atoms with Gasteiger partial charge in [0.2, 0.25) is 12.7 Å². The van der Waals surface area contributed by atoms with Gasteiger partial charge in [0.1, 0.15) is 0 Å². The molecule has 1 heterocycles. The molecule has 4 rings (SSSR count). The number of hydrogen-bond acceptors (Lipinski definition) is 4. The number of amides is 1. The topological polar surface area (TPSA) is 73.6 Å². The van der Waals surface area contributed by atoms with Crippen molar-refractivity contribution < 1.29 is 14.3 Å². The van der Waals surface area contributed by atoms with Gasteiger partial charge in [-0.2, -0.15) is 0 Å². The average molecular weight is 324 g/mol. The fourth-order valence-electron chi connectivity index (χ4n) is 3.48. The molecule has 5 nitrogen and oxygen atoms in total.